The van der Waals surface area contributed by atoms with Gasteiger partial charge < -0.3 is 9.84 Å². The minimum atomic E-state index is 0.0839. The largest absolute Gasteiger partial charge is 0.496 e. The van der Waals surface area contributed by atoms with Gasteiger partial charge >= 0.3 is 0 Å². The first-order chi connectivity index (χ1) is 7.49. The maximum absolute atomic E-state index is 8.83. The van der Waals surface area contributed by atoms with E-state index in [1.807, 2.05) is 6.07 Å². The summed E-state index contributed by atoms with van der Waals surface area (Å²) in [6, 6.07) is 6.28. The normalized spacial score (nSPS) is 11.6. The van der Waals surface area contributed by atoms with Gasteiger partial charge in [0.25, 0.3) is 0 Å². The molecule has 2 nitrogen and oxygen atoms in total. The molecular formula is C14H22O2. The van der Waals surface area contributed by atoms with E-state index in [1.54, 1.807) is 7.11 Å². The molecule has 1 rings (SSSR count). The van der Waals surface area contributed by atoms with Crippen molar-refractivity contribution in [1.29, 1.82) is 0 Å². The SMILES string of the molecule is COc1ccc(CCCO)cc1C(C)(C)C. The van der Waals surface area contributed by atoms with Crippen LogP contribution in [-0.2, 0) is 11.8 Å². The van der Waals surface area contributed by atoms with Crippen LogP contribution in [0.5, 0.6) is 5.75 Å². The number of hydrogen-bond acceptors (Lipinski definition) is 2. The summed E-state index contributed by atoms with van der Waals surface area (Å²) in [5.74, 6) is 0.945. The Labute approximate surface area is 98.3 Å². The molecule has 0 saturated heterocycles. The minimum Gasteiger partial charge on any atom is -0.496 e. The summed E-state index contributed by atoms with van der Waals surface area (Å²) in [6.07, 6.45) is 1.74. The molecule has 0 radical (unpaired) electrons. The van der Waals surface area contributed by atoms with Crippen LogP contribution in [0, 0.1) is 0 Å². The number of methoxy groups -OCH3 is 1. The van der Waals surface area contributed by atoms with Gasteiger partial charge in [0.05, 0.1) is 7.11 Å². The summed E-state index contributed by atoms with van der Waals surface area (Å²) in [5.41, 5.74) is 2.57. The first-order valence-electron chi connectivity index (χ1n) is 5.77. The highest BCUT2D eigenvalue weighted by atomic mass is 16.5. The van der Waals surface area contributed by atoms with Gasteiger partial charge in [-0.2, -0.15) is 0 Å². The molecule has 2 heteroatoms. The summed E-state index contributed by atoms with van der Waals surface area (Å²) >= 11 is 0. The molecule has 0 spiro atoms. The van der Waals surface area contributed by atoms with Gasteiger partial charge in [0.1, 0.15) is 5.75 Å². The molecule has 1 aromatic rings. The summed E-state index contributed by atoms with van der Waals surface area (Å²) in [4.78, 5) is 0. The van der Waals surface area contributed by atoms with Crippen molar-refractivity contribution in [3.8, 4) is 5.75 Å². The number of hydrogen-bond donors (Lipinski definition) is 1. The molecule has 0 aromatic heterocycles. The fourth-order valence-corrected chi connectivity index (χ4v) is 1.78. The van der Waals surface area contributed by atoms with Crippen molar-refractivity contribution >= 4 is 0 Å². The fourth-order valence-electron chi connectivity index (χ4n) is 1.78. The third kappa shape index (κ3) is 3.24. The van der Waals surface area contributed by atoms with Crippen molar-refractivity contribution in [2.24, 2.45) is 0 Å². The topological polar surface area (TPSA) is 29.5 Å². The van der Waals surface area contributed by atoms with Gasteiger partial charge in [-0.15, -0.1) is 0 Å². The summed E-state index contributed by atoms with van der Waals surface area (Å²) in [5, 5.41) is 8.83. The average Bonchev–Trinajstić information content (AvgIpc) is 2.24. The average molecular weight is 222 g/mol. The molecule has 0 atom stereocenters. The van der Waals surface area contributed by atoms with Crippen LogP contribution in [0.1, 0.15) is 38.3 Å². The van der Waals surface area contributed by atoms with Gasteiger partial charge in [0.2, 0.25) is 0 Å². The predicted octanol–water partition coefficient (Wildman–Crippen LogP) is 2.92. The Bertz CT molecular complexity index is 337. The van der Waals surface area contributed by atoms with Crippen LogP contribution in [0.25, 0.3) is 0 Å². The lowest BCUT2D eigenvalue weighted by Crippen LogP contribution is -2.13. The maximum Gasteiger partial charge on any atom is 0.122 e. The standard InChI is InChI=1S/C14H22O2/c1-14(2,3)12-10-11(6-5-9-15)7-8-13(12)16-4/h7-8,10,15H,5-6,9H2,1-4H3. The van der Waals surface area contributed by atoms with Crippen molar-refractivity contribution in [2.45, 2.75) is 39.0 Å². The molecule has 0 fully saturated rings. The second-order valence-electron chi connectivity index (χ2n) is 5.11. The third-order valence-electron chi connectivity index (χ3n) is 2.70. The maximum atomic E-state index is 8.83. The predicted molar refractivity (Wildman–Crippen MR) is 67.1 cm³/mol. The van der Waals surface area contributed by atoms with E-state index < -0.39 is 0 Å². The van der Waals surface area contributed by atoms with Crippen LogP contribution >= 0.6 is 0 Å². The molecule has 90 valence electrons. The molecule has 1 aromatic carbocycles. The highest BCUT2D eigenvalue weighted by molar-refractivity contribution is 5.41. The molecule has 0 aliphatic heterocycles. The number of rotatable bonds is 4. The summed E-state index contributed by atoms with van der Waals surface area (Å²) in [7, 11) is 1.71. The fraction of sp³-hybridized carbons (Fsp3) is 0.571. The number of benzene rings is 1. The lowest BCUT2D eigenvalue weighted by Gasteiger charge is -2.23. The zero-order valence-electron chi connectivity index (χ0n) is 10.7. The monoisotopic (exact) mass is 222 g/mol. The molecule has 0 heterocycles. The van der Waals surface area contributed by atoms with Gasteiger partial charge in [0, 0.05) is 6.61 Å². The summed E-state index contributed by atoms with van der Waals surface area (Å²) in [6.45, 7) is 6.79. The van der Waals surface area contributed by atoms with Crippen molar-refractivity contribution in [2.75, 3.05) is 13.7 Å². The van der Waals surface area contributed by atoms with Crippen molar-refractivity contribution in [3.05, 3.63) is 29.3 Å². The van der Waals surface area contributed by atoms with Gasteiger partial charge in [-0.3, -0.25) is 0 Å². The van der Waals surface area contributed by atoms with Gasteiger partial charge in [-0.05, 0) is 35.4 Å². The van der Waals surface area contributed by atoms with Gasteiger partial charge in [-0.25, -0.2) is 0 Å². The Kier molecular flexibility index (Phi) is 4.36. The minimum absolute atomic E-state index is 0.0839. The molecule has 16 heavy (non-hydrogen) atoms. The van der Waals surface area contributed by atoms with Crippen LogP contribution in [0.4, 0.5) is 0 Å². The number of ether oxygens (including phenoxy) is 1. The highest BCUT2D eigenvalue weighted by Gasteiger charge is 2.18. The smallest absolute Gasteiger partial charge is 0.122 e. The summed E-state index contributed by atoms with van der Waals surface area (Å²) < 4.78 is 5.38. The number of aryl methyl sites for hydroxylation is 1. The van der Waals surface area contributed by atoms with E-state index >= 15 is 0 Å². The molecule has 1 N–H and O–H groups in total. The Morgan fingerprint density at radius 2 is 1.94 bits per heavy atom. The van der Waals surface area contributed by atoms with E-state index in [4.69, 9.17) is 9.84 Å². The number of aliphatic hydroxyl groups is 1. The zero-order chi connectivity index (χ0) is 12.2. The van der Waals surface area contributed by atoms with Crippen LogP contribution in [0.15, 0.2) is 18.2 Å². The van der Waals surface area contributed by atoms with Crippen LogP contribution < -0.4 is 4.74 Å². The molecule has 0 saturated carbocycles. The van der Waals surface area contributed by atoms with Crippen molar-refractivity contribution < 1.29 is 9.84 Å². The second-order valence-corrected chi connectivity index (χ2v) is 5.11. The van der Waals surface area contributed by atoms with E-state index in [1.165, 1.54) is 11.1 Å². The van der Waals surface area contributed by atoms with E-state index in [0.29, 0.717) is 0 Å². The first kappa shape index (κ1) is 13.0. The molecule has 0 aliphatic carbocycles. The van der Waals surface area contributed by atoms with Crippen LogP contribution in [0.2, 0.25) is 0 Å². The second kappa shape index (κ2) is 5.35. The van der Waals surface area contributed by atoms with E-state index in [-0.39, 0.29) is 12.0 Å². The van der Waals surface area contributed by atoms with Gasteiger partial charge in [0.15, 0.2) is 0 Å². The molecule has 0 amide bonds. The zero-order valence-corrected chi connectivity index (χ0v) is 10.7. The highest BCUT2D eigenvalue weighted by Crippen LogP contribution is 2.32. The first-order valence-corrected chi connectivity index (χ1v) is 5.77. The molecular weight excluding hydrogens is 200 g/mol. The quantitative estimate of drug-likeness (QED) is 0.848. The molecule has 0 aliphatic rings. The Morgan fingerprint density at radius 3 is 2.44 bits per heavy atom. The Balaban J connectivity index is 3.02. The van der Waals surface area contributed by atoms with Crippen LogP contribution in [0.3, 0.4) is 0 Å². The van der Waals surface area contributed by atoms with Crippen molar-refractivity contribution in [3.63, 3.8) is 0 Å². The lowest BCUT2D eigenvalue weighted by atomic mass is 9.85. The van der Waals surface area contributed by atoms with E-state index in [2.05, 4.69) is 32.9 Å². The van der Waals surface area contributed by atoms with Gasteiger partial charge in [-0.1, -0.05) is 32.9 Å². The van der Waals surface area contributed by atoms with E-state index in [0.717, 1.165) is 18.6 Å². The third-order valence-corrected chi connectivity index (χ3v) is 2.70. The molecule has 0 bridgehead atoms. The van der Waals surface area contributed by atoms with Crippen LogP contribution in [-0.4, -0.2) is 18.8 Å². The Morgan fingerprint density at radius 1 is 1.25 bits per heavy atom. The van der Waals surface area contributed by atoms with Crippen molar-refractivity contribution in [1.82, 2.24) is 0 Å². The lowest BCUT2D eigenvalue weighted by molar-refractivity contribution is 0.288. The Hall–Kier alpha value is -1.02. The number of aliphatic hydroxyl groups excluding tert-OH is 1. The van der Waals surface area contributed by atoms with E-state index in [9.17, 15) is 0 Å². The molecule has 0 unspecified atom stereocenters.